The predicted molar refractivity (Wildman–Crippen MR) is 97.5 cm³/mol. The molecule has 0 radical (unpaired) electrons. The number of hydrogen-bond donors (Lipinski definition) is 0. The summed E-state index contributed by atoms with van der Waals surface area (Å²) >= 11 is 0. The molecule has 23 heavy (non-hydrogen) atoms. The van der Waals surface area contributed by atoms with E-state index < -0.39 is 0 Å². The van der Waals surface area contributed by atoms with E-state index in [1.165, 1.54) is 83.5 Å². The van der Waals surface area contributed by atoms with Gasteiger partial charge >= 0.3 is 0 Å². The van der Waals surface area contributed by atoms with Crippen LogP contribution in [0.15, 0.2) is 0 Å². The van der Waals surface area contributed by atoms with E-state index in [0.29, 0.717) is 13.1 Å². The van der Waals surface area contributed by atoms with Gasteiger partial charge in [-0.15, -0.1) is 0 Å². The zero-order valence-corrected chi connectivity index (χ0v) is 15.7. The highest BCUT2D eigenvalue weighted by molar-refractivity contribution is 5.37. The lowest BCUT2D eigenvalue weighted by Crippen LogP contribution is -2.16. The molecular weight excluding hydrogens is 288 g/mol. The minimum absolute atomic E-state index is 0.352. The third kappa shape index (κ3) is 17.6. The molecule has 0 saturated carbocycles. The van der Waals surface area contributed by atoms with Gasteiger partial charge in [0.05, 0.1) is 6.61 Å². The number of rotatable bonds is 19. The van der Waals surface area contributed by atoms with E-state index in [1.54, 1.807) is 0 Å². The molecule has 0 spiro atoms. The molecule has 0 bridgehead atoms. The van der Waals surface area contributed by atoms with Crippen LogP contribution in [0.5, 0.6) is 0 Å². The summed E-state index contributed by atoms with van der Waals surface area (Å²) in [5, 5.41) is 0. The van der Waals surface area contributed by atoms with Crippen LogP contribution >= 0.6 is 0 Å². The van der Waals surface area contributed by atoms with Crippen LogP contribution in [0.25, 0.3) is 0 Å². The maximum absolute atomic E-state index is 10.2. The maximum Gasteiger partial charge on any atom is 0.295 e. The quantitative estimate of drug-likeness (QED) is 0.156. The fourth-order valence-corrected chi connectivity index (χ4v) is 2.83. The van der Waals surface area contributed by atoms with Crippen molar-refractivity contribution in [2.45, 2.75) is 116 Å². The second-order valence-electron chi connectivity index (χ2n) is 6.54. The average molecular weight is 329 g/mol. The van der Waals surface area contributed by atoms with Gasteiger partial charge in [-0.25, -0.2) is 0 Å². The van der Waals surface area contributed by atoms with E-state index in [2.05, 4.69) is 6.92 Å². The van der Waals surface area contributed by atoms with Crippen molar-refractivity contribution in [3.63, 3.8) is 0 Å². The SMILES string of the molecule is CCCCCCCCCCCCCCCCOC(CC)OC=O. The molecule has 0 aliphatic carbocycles. The summed E-state index contributed by atoms with van der Waals surface area (Å²) in [7, 11) is 0. The van der Waals surface area contributed by atoms with Crippen molar-refractivity contribution in [3.8, 4) is 0 Å². The summed E-state index contributed by atoms with van der Waals surface area (Å²) in [5.74, 6) is 0. The van der Waals surface area contributed by atoms with E-state index in [4.69, 9.17) is 9.47 Å². The van der Waals surface area contributed by atoms with Gasteiger partial charge in [-0.2, -0.15) is 0 Å². The summed E-state index contributed by atoms with van der Waals surface area (Å²) in [5.41, 5.74) is 0. The Kier molecular flexibility index (Phi) is 19.0. The van der Waals surface area contributed by atoms with Gasteiger partial charge in [0.25, 0.3) is 6.47 Å². The van der Waals surface area contributed by atoms with Crippen molar-refractivity contribution in [1.82, 2.24) is 0 Å². The van der Waals surface area contributed by atoms with Crippen LogP contribution < -0.4 is 0 Å². The molecule has 3 heteroatoms. The standard InChI is InChI=1S/C20H40O3/c1-3-5-6-7-8-9-10-11-12-13-14-15-16-17-18-22-20(4-2)23-19-21/h19-20H,3-18H2,1-2H3. The van der Waals surface area contributed by atoms with Gasteiger partial charge in [0.2, 0.25) is 6.29 Å². The van der Waals surface area contributed by atoms with Crippen molar-refractivity contribution in [1.29, 1.82) is 0 Å². The molecule has 0 N–H and O–H groups in total. The molecular formula is C20H40O3. The first-order valence-electron chi connectivity index (χ1n) is 10.1. The number of unbranched alkanes of at least 4 members (excludes halogenated alkanes) is 13. The molecule has 3 nitrogen and oxygen atoms in total. The number of carbonyl (C=O) groups is 1. The Labute approximate surface area is 144 Å². The fourth-order valence-electron chi connectivity index (χ4n) is 2.83. The van der Waals surface area contributed by atoms with Gasteiger partial charge in [0, 0.05) is 6.42 Å². The van der Waals surface area contributed by atoms with E-state index >= 15 is 0 Å². The van der Waals surface area contributed by atoms with E-state index in [1.807, 2.05) is 6.92 Å². The monoisotopic (exact) mass is 328 g/mol. The molecule has 0 fully saturated rings. The molecule has 0 heterocycles. The van der Waals surface area contributed by atoms with Gasteiger partial charge in [0.15, 0.2) is 0 Å². The highest BCUT2D eigenvalue weighted by atomic mass is 16.7. The van der Waals surface area contributed by atoms with Crippen molar-refractivity contribution in [2.24, 2.45) is 0 Å². The van der Waals surface area contributed by atoms with Crippen LogP contribution in [0, 0.1) is 0 Å². The summed E-state index contributed by atoms with van der Waals surface area (Å²) < 4.78 is 10.3. The summed E-state index contributed by atoms with van der Waals surface area (Å²) in [6, 6.07) is 0. The highest BCUT2D eigenvalue weighted by Gasteiger charge is 2.04. The molecule has 0 amide bonds. The second-order valence-corrected chi connectivity index (χ2v) is 6.54. The lowest BCUT2D eigenvalue weighted by molar-refractivity contribution is -0.164. The maximum atomic E-state index is 10.2. The molecule has 0 aliphatic rings. The highest BCUT2D eigenvalue weighted by Crippen LogP contribution is 2.13. The normalized spacial score (nSPS) is 12.3. The molecule has 0 saturated heterocycles. The summed E-state index contributed by atoms with van der Waals surface area (Å²) in [6.45, 7) is 5.40. The van der Waals surface area contributed by atoms with E-state index in [0.717, 1.165) is 12.8 Å². The first kappa shape index (κ1) is 22.4. The van der Waals surface area contributed by atoms with Crippen molar-refractivity contribution in [3.05, 3.63) is 0 Å². The molecule has 0 aliphatic heterocycles. The lowest BCUT2D eigenvalue weighted by Gasteiger charge is -2.13. The Balaban J connectivity index is 3.09. The van der Waals surface area contributed by atoms with E-state index in [-0.39, 0.29) is 6.29 Å². The van der Waals surface area contributed by atoms with Crippen LogP contribution in [0.3, 0.4) is 0 Å². The van der Waals surface area contributed by atoms with Gasteiger partial charge < -0.3 is 9.47 Å². The summed E-state index contributed by atoms with van der Waals surface area (Å²) in [4.78, 5) is 10.2. The third-order valence-electron chi connectivity index (χ3n) is 4.34. The topological polar surface area (TPSA) is 35.5 Å². The van der Waals surface area contributed by atoms with Crippen molar-refractivity contribution in [2.75, 3.05) is 6.61 Å². The van der Waals surface area contributed by atoms with Gasteiger partial charge in [0.1, 0.15) is 0 Å². The first-order chi connectivity index (χ1) is 11.3. The Hall–Kier alpha value is -0.570. The second kappa shape index (κ2) is 19.5. The average Bonchev–Trinajstić information content (AvgIpc) is 2.57. The predicted octanol–water partition coefficient (Wildman–Crippen LogP) is 6.39. The van der Waals surface area contributed by atoms with Crippen LogP contribution in [0.1, 0.15) is 110 Å². The minimum atomic E-state index is -0.352. The number of hydrogen-bond acceptors (Lipinski definition) is 3. The minimum Gasteiger partial charge on any atom is -0.438 e. The number of carbonyl (C=O) groups excluding carboxylic acids is 1. The van der Waals surface area contributed by atoms with Gasteiger partial charge in [-0.3, -0.25) is 4.79 Å². The lowest BCUT2D eigenvalue weighted by atomic mass is 10.0. The number of ether oxygens (including phenoxy) is 2. The molecule has 0 aromatic rings. The molecule has 1 atom stereocenters. The zero-order valence-electron chi connectivity index (χ0n) is 15.7. The van der Waals surface area contributed by atoms with Crippen LogP contribution in [-0.4, -0.2) is 19.4 Å². The van der Waals surface area contributed by atoms with Gasteiger partial charge in [-0.05, 0) is 6.42 Å². The molecule has 0 aromatic carbocycles. The Morgan fingerprint density at radius 2 is 1.13 bits per heavy atom. The zero-order chi connectivity index (χ0) is 17.0. The molecule has 0 aromatic heterocycles. The van der Waals surface area contributed by atoms with E-state index in [9.17, 15) is 4.79 Å². The van der Waals surface area contributed by atoms with Crippen molar-refractivity contribution < 1.29 is 14.3 Å². The Bertz CT molecular complexity index is 231. The molecule has 1 unspecified atom stereocenters. The van der Waals surface area contributed by atoms with Crippen LogP contribution in [0.4, 0.5) is 0 Å². The molecule has 0 rings (SSSR count). The van der Waals surface area contributed by atoms with Gasteiger partial charge in [-0.1, -0.05) is 97.3 Å². The van der Waals surface area contributed by atoms with Crippen molar-refractivity contribution >= 4 is 6.47 Å². The fraction of sp³-hybridized carbons (Fsp3) is 0.950. The smallest absolute Gasteiger partial charge is 0.295 e. The third-order valence-corrected chi connectivity index (χ3v) is 4.34. The molecule has 138 valence electrons. The largest absolute Gasteiger partial charge is 0.438 e. The first-order valence-corrected chi connectivity index (χ1v) is 10.1. The summed E-state index contributed by atoms with van der Waals surface area (Å²) in [6.07, 6.45) is 19.4. The van der Waals surface area contributed by atoms with Crippen LogP contribution in [-0.2, 0) is 14.3 Å². The van der Waals surface area contributed by atoms with Crippen LogP contribution in [0.2, 0.25) is 0 Å². The Morgan fingerprint density at radius 3 is 1.52 bits per heavy atom. The Morgan fingerprint density at radius 1 is 0.696 bits per heavy atom.